The Morgan fingerprint density at radius 3 is 1.96 bits per heavy atom. The molecule has 4 aromatic carbocycles. The molecule has 4 heteroatoms. The molecule has 4 aromatic rings. The van der Waals surface area contributed by atoms with Crippen molar-refractivity contribution in [2.45, 2.75) is 0 Å². The zero-order valence-corrected chi connectivity index (χ0v) is 15.2. The Hall–Kier alpha value is -3.66. The van der Waals surface area contributed by atoms with Gasteiger partial charge in [0.05, 0.1) is 0 Å². The van der Waals surface area contributed by atoms with E-state index in [1.54, 1.807) is 30.3 Å². The van der Waals surface area contributed by atoms with Crippen LogP contribution in [0.4, 0.5) is 0 Å². The normalized spacial score (nSPS) is 10.4. The van der Waals surface area contributed by atoms with Gasteiger partial charge in [0, 0.05) is 0 Å². The first-order valence-electron chi connectivity index (χ1n) is 8.93. The van der Waals surface area contributed by atoms with Gasteiger partial charge in [-0.25, -0.2) is 0 Å². The Labute approximate surface area is 164 Å². The van der Waals surface area contributed by atoms with Crippen LogP contribution < -0.4 is 9.47 Å². The van der Waals surface area contributed by atoms with Gasteiger partial charge < -0.3 is 0 Å². The fourth-order valence-electron chi connectivity index (χ4n) is 2.95. The van der Waals surface area contributed by atoms with Crippen LogP contribution in [-0.4, -0.2) is 19.1 Å². The van der Waals surface area contributed by atoms with Gasteiger partial charge in [-0.1, -0.05) is 0 Å². The molecule has 0 aliphatic heterocycles. The molecule has 0 heterocycles. The number of carbonyl (C=O) groups is 1. The molecule has 0 fully saturated rings. The number of rotatable bonds is 5. The summed E-state index contributed by atoms with van der Waals surface area (Å²) in [6, 6.07) is 29.9. The van der Waals surface area contributed by atoms with Crippen LogP contribution in [0, 0.1) is 0 Å². The molecular weight excluding hydrogens is 347 g/mol. The van der Waals surface area contributed by atoms with Crippen molar-refractivity contribution in [3.63, 3.8) is 0 Å². The SMILES string of the molecule is B=C(Oc1c(OC(=O)c2ccccc2)ccc2ccccc12)c1ccccc1. The van der Waals surface area contributed by atoms with Crippen LogP contribution in [0.2, 0.25) is 0 Å². The molecule has 0 bridgehead atoms. The second-order valence-corrected chi connectivity index (χ2v) is 6.26. The summed E-state index contributed by atoms with van der Waals surface area (Å²) in [5, 5.41) is 1.83. The van der Waals surface area contributed by atoms with Crippen molar-refractivity contribution in [3.8, 4) is 11.5 Å². The number of hydrogen-bond donors (Lipinski definition) is 0. The summed E-state index contributed by atoms with van der Waals surface area (Å²) >= 11 is 0. The van der Waals surface area contributed by atoms with Crippen molar-refractivity contribution >= 4 is 29.9 Å². The van der Waals surface area contributed by atoms with E-state index in [9.17, 15) is 4.79 Å². The van der Waals surface area contributed by atoms with E-state index in [0.29, 0.717) is 22.7 Å². The molecule has 0 unspecified atom stereocenters. The van der Waals surface area contributed by atoms with Gasteiger partial charge in [0.15, 0.2) is 0 Å². The van der Waals surface area contributed by atoms with Crippen molar-refractivity contribution in [2.24, 2.45) is 0 Å². The topological polar surface area (TPSA) is 35.5 Å². The number of esters is 1. The molecule has 3 nitrogen and oxygen atoms in total. The summed E-state index contributed by atoms with van der Waals surface area (Å²) in [5.74, 6) is 0.381. The minimum atomic E-state index is -0.439. The van der Waals surface area contributed by atoms with E-state index >= 15 is 0 Å². The Bertz CT molecular complexity index is 1140. The van der Waals surface area contributed by atoms with E-state index in [-0.39, 0.29) is 0 Å². The summed E-state index contributed by atoms with van der Waals surface area (Å²) in [4.78, 5) is 12.6. The van der Waals surface area contributed by atoms with E-state index in [4.69, 9.17) is 9.47 Å². The quantitative estimate of drug-likeness (QED) is 0.297. The predicted octanol–water partition coefficient (Wildman–Crippen LogP) is 4.52. The van der Waals surface area contributed by atoms with E-state index in [1.165, 1.54) is 0 Å². The van der Waals surface area contributed by atoms with Gasteiger partial charge in [0.1, 0.15) is 0 Å². The molecule has 0 radical (unpaired) electrons. The average molecular weight is 364 g/mol. The second-order valence-electron chi connectivity index (χ2n) is 6.26. The van der Waals surface area contributed by atoms with Crippen molar-refractivity contribution in [2.75, 3.05) is 0 Å². The number of ether oxygens (including phenoxy) is 2. The molecule has 0 aliphatic rings. The maximum absolute atomic E-state index is 12.6. The Morgan fingerprint density at radius 2 is 1.25 bits per heavy atom. The van der Waals surface area contributed by atoms with Crippen molar-refractivity contribution in [1.82, 2.24) is 0 Å². The molecule has 4 rings (SSSR count). The Kier molecular flexibility index (Phi) is 5.02. The molecule has 0 atom stereocenters. The van der Waals surface area contributed by atoms with Crippen LogP contribution in [0.15, 0.2) is 97.1 Å². The monoisotopic (exact) mass is 364 g/mol. The predicted molar refractivity (Wildman–Crippen MR) is 114 cm³/mol. The van der Waals surface area contributed by atoms with E-state index in [1.807, 2.05) is 66.7 Å². The van der Waals surface area contributed by atoms with Gasteiger partial charge in [-0.15, -0.1) is 0 Å². The maximum atomic E-state index is 12.6. The van der Waals surface area contributed by atoms with E-state index < -0.39 is 5.97 Å². The van der Waals surface area contributed by atoms with Gasteiger partial charge in [-0.2, -0.15) is 0 Å². The molecule has 0 saturated heterocycles. The van der Waals surface area contributed by atoms with Crippen LogP contribution in [0.25, 0.3) is 10.8 Å². The second kappa shape index (κ2) is 7.93. The van der Waals surface area contributed by atoms with Gasteiger partial charge in [-0.3, -0.25) is 0 Å². The van der Waals surface area contributed by atoms with Crippen LogP contribution in [0.1, 0.15) is 15.9 Å². The molecule has 0 aliphatic carbocycles. The van der Waals surface area contributed by atoms with E-state index in [2.05, 4.69) is 7.49 Å². The summed E-state index contributed by atoms with van der Waals surface area (Å²) < 4.78 is 11.8. The molecule has 0 spiro atoms. The first kappa shape index (κ1) is 17.7. The summed E-state index contributed by atoms with van der Waals surface area (Å²) in [6.07, 6.45) is 0. The number of fused-ring (bicyclic) bond motifs is 1. The molecule has 0 N–H and O–H groups in total. The van der Waals surface area contributed by atoms with E-state index in [0.717, 1.165) is 16.3 Å². The first-order chi connectivity index (χ1) is 13.7. The fraction of sp³-hybridized carbons (Fsp3) is 0. The zero-order valence-electron chi connectivity index (χ0n) is 15.2. The van der Waals surface area contributed by atoms with Gasteiger partial charge >= 0.3 is 164 Å². The van der Waals surface area contributed by atoms with Crippen molar-refractivity contribution in [3.05, 3.63) is 108 Å². The summed E-state index contributed by atoms with van der Waals surface area (Å²) in [6.45, 7) is 0. The number of benzene rings is 4. The van der Waals surface area contributed by atoms with Crippen LogP contribution in [0.5, 0.6) is 11.5 Å². The van der Waals surface area contributed by atoms with Crippen molar-refractivity contribution < 1.29 is 14.3 Å². The molecule has 0 amide bonds. The fourth-order valence-corrected chi connectivity index (χ4v) is 2.95. The third-order valence-corrected chi connectivity index (χ3v) is 4.38. The first-order valence-corrected chi connectivity index (χ1v) is 8.93. The van der Waals surface area contributed by atoms with Crippen molar-refractivity contribution in [1.29, 1.82) is 0 Å². The molecule has 134 valence electrons. The molecule has 0 aromatic heterocycles. The summed E-state index contributed by atoms with van der Waals surface area (Å²) in [7, 11) is 4.04. The minimum absolute atomic E-state index is 0.352. The third-order valence-electron chi connectivity index (χ3n) is 4.38. The molecular formula is C24H17BO3. The molecule has 0 saturated carbocycles. The third kappa shape index (κ3) is 3.72. The number of carbonyl (C=O) groups excluding carboxylic acids is 1. The Morgan fingerprint density at radius 1 is 0.643 bits per heavy atom. The van der Waals surface area contributed by atoms with Crippen LogP contribution in [-0.2, 0) is 0 Å². The van der Waals surface area contributed by atoms with Crippen LogP contribution >= 0.6 is 0 Å². The van der Waals surface area contributed by atoms with Gasteiger partial charge in [-0.05, 0) is 0 Å². The average Bonchev–Trinajstić information content (AvgIpc) is 2.76. The van der Waals surface area contributed by atoms with Gasteiger partial charge in [0.2, 0.25) is 0 Å². The standard InChI is InChI=1S/C24H17BO3/c25-23(18-10-3-1-4-11-18)28-22-20-14-8-7-9-17(20)15-16-21(22)27-24(26)19-12-5-2-6-13-19/h1-16,25H. The summed E-state index contributed by atoms with van der Waals surface area (Å²) in [5.41, 5.74) is 1.81. The number of hydrogen-bond acceptors (Lipinski definition) is 3. The Balaban J connectivity index is 1.73. The van der Waals surface area contributed by atoms with Crippen LogP contribution in [0.3, 0.4) is 0 Å². The zero-order chi connectivity index (χ0) is 19.3. The molecule has 28 heavy (non-hydrogen) atoms. The van der Waals surface area contributed by atoms with Gasteiger partial charge in [0.25, 0.3) is 0 Å².